The Bertz CT molecular complexity index is 2370. The van der Waals surface area contributed by atoms with Crippen molar-refractivity contribution in [1.82, 2.24) is 19.5 Å². The van der Waals surface area contributed by atoms with Gasteiger partial charge in [-0.15, -0.1) is 6.42 Å². The van der Waals surface area contributed by atoms with E-state index in [1.165, 1.54) is 33.0 Å². The van der Waals surface area contributed by atoms with Crippen LogP contribution in [0.25, 0.3) is 49.7 Å². The Hall–Kier alpha value is -5.21. The van der Waals surface area contributed by atoms with E-state index < -0.39 is 0 Å². The van der Waals surface area contributed by atoms with Crippen molar-refractivity contribution in [3.8, 4) is 18.3 Å². The van der Waals surface area contributed by atoms with Crippen LogP contribution in [0.4, 0.5) is 0 Å². The van der Waals surface area contributed by atoms with E-state index in [-0.39, 0.29) is 5.92 Å². The van der Waals surface area contributed by atoms with Crippen molar-refractivity contribution >= 4 is 43.7 Å². The second-order valence-corrected chi connectivity index (χ2v) is 12.1. The van der Waals surface area contributed by atoms with E-state index in [0.717, 1.165) is 82.3 Å². The summed E-state index contributed by atoms with van der Waals surface area (Å²) in [5, 5.41) is 4.71. The van der Waals surface area contributed by atoms with Gasteiger partial charge in [0.25, 0.3) is 0 Å². The van der Waals surface area contributed by atoms with Gasteiger partial charge in [-0.25, -0.2) is 4.98 Å². The number of aryl methyl sites for hydroxylation is 4. The Morgan fingerprint density at radius 3 is 2.48 bits per heavy atom. The zero-order chi connectivity index (χ0) is 29.4. The van der Waals surface area contributed by atoms with Crippen LogP contribution in [-0.4, -0.2) is 19.5 Å². The highest BCUT2D eigenvalue weighted by Gasteiger charge is 2.26. The lowest BCUT2D eigenvalue weighted by Gasteiger charge is -2.19. The van der Waals surface area contributed by atoms with E-state index in [1.807, 2.05) is 13.0 Å². The van der Waals surface area contributed by atoms with Crippen LogP contribution in [0.3, 0.4) is 0 Å². The zero-order valence-electron chi connectivity index (χ0n) is 24.6. The van der Waals surface area contributed by atoms with Crippen molar-refractivity contribution in [3.63, 3.8) is 0 Å². The van der Waals surface area contributed by atoms with Gasteiger partial charge in [0.2, 0.25) is 5.95 Å². The molecular formula is C39H30N4O. The summed E-state index contributed by atoms with van der Waals surface area (Å²) in [4.78, 5) is 15.5. The molecule has 5 heteroatoms. The first kappa shape index (κ1) is 25.3. The SMILES string of the molecule is C#C/C=C\C(=C/C)Cc1nc(C2C=CC=CC2)nc(-n2c3cc4c(cc3c3ccc5oc6cc7c(cc6c5c32)CC7)CC4)n1. The molecule has 0 aliphatic heterocycles. The summed E-state index contributed by atoms with van der Waals surface area (Å²) in [5.74, 6) is 4.85. The number of allylic oxidation sites excluding steroid dienone is 8. The minimum atomic E-state index is 0.0820. The summed E-state index contributed by atoms with van der Waals surface area (Å²) in [6, 6.07) is 13.7. The maximum atomic E-state index is 6.51. The van der Waals surface area contributed by atoms with Gasteiger partial charge in [0.1, 0.15) is 22.8 Å². The average molecular weight is 571 g/mol. The summed E-state index contributed by atoms with van der Waals surface area (Å²) < 4.78 is 8.79. The van der Waals surface area contributed by atoms with Gasteiger partial charge in [-0.05, 0) is 109 Å². The average Bonchev–Trinajstić information content (AvgIpc) is 3.55. The van der Waals surface area contributed by atoms with E-state index in [2.05, 4.69) is 77.3 Å². The first-order valence-corrected chi connectivity index (χ1v) is 15.5. The molecule has 9 rings (SSSR count). The molecule has 0 spiro atoms. The third kappa shape index (κ3) is 3.77. The van der Waals surface area contributed by atoms with Gasteiger partial charge in [0, 0.05) is 28.5 Å². The van der Waals surface area contributed by atoms with Crippen LogP contribution in [0, 0.1) is 12.3 Å². The van der Waals surface area contributed by atoms with Crippen LogP contribution < -0.4 is 0 Å². The van der Waals surface area contributed by atoms with Gasteiger partial charge in [-0.1, -0.05) is 42.4 Å². The van der Waals surface area contributed by atoms with Gasteiger partial charge in [0.15, 0.2) is 0 Å². The smallest absolute Gasteiger partial charge is 0.238 e. The van der Waals surface area contributed by atoms with Crippen molar-refractivity contribution in [3.05, 3.63) is 118 Å². The molecule has 1 atom stereocenters. The molecule has 3 aromatic carbocycles. The highest BCUT2D eigenvalue weighted by atomic mass is 16.3. The molecule has 212 valence electrons. The van der Waals surface area contributed by atoms with Crippen molar-refractivity contribution in [1.29, 1.82) is 0 Å². The quantitative estimate of drug-likeness (QED) is 0.154. The number of benzene rings is 3. The van der Waals surface area contributed by atoms with E-state index in [0.29, 0.717) is 12.4 Å². The van der Waals surface area contributed by atoms with Crippen molar-refractivity contribution in [2.75, 3.05) is 0 Å². The summed E-state index contributed by atoms with van der Waals surface area (Å²) in [6.07, 6.45) is 25.7. The summed E-state index contributed by atoms with van der Waals surface area (Å²) in [7, 11) is 0. The molecule has 1 unspecified atom stereocenters. The van der Waals surface area contributed by atoms with Crippen LogP contribution in [0.1, 0.15) is 53.2 Å². The number of rotatable bonds is 5. The van der Waals surface area contributed by atoms with Crippen LogP contribution >= 0.6 is 0 Å². The number of nitrogens with zero attached hydrogens (tertiary/aromatic N) is 4. The number of aromatic nitrogens is 4. The number of hydrogen-bond donors (Lipinski definition) is 0. The third-order valence-electron chi connectivity index (χ3n) is 9.66. The van der Waals surface area contributed by atoms with Gasteiger partial charge < -0.3 is 4.42 Å². The lowest BCUT2D eigenvalue weighted by atomic mass is 9.87. The molecule has 3 heterocycles. The first-order chi connectivity index (χ1) is 21.7. The minimum absolute atomic E-state index is 0.0820. The highest BCUT2D eigenvalue weighted by Crippen LogP contribution is 2.43. The summed E-state index contributed by atoms with van der Waals surface area (Å²) in [6.45, 7) is 2.02. The second kappa shape index (κ2) is 9.65. The lowest BCUT2D eigenvalue weighted by Crippen LogP contribution is -2.14. The van der Waals surface area contributed by atoms with E-state index >= 15 is 0 Å². The Balaban J connectivity index is 1.37. The maximum absolute atomic E-state index is 6.51. The predicted molar refractivity (Wildman–Crippen MR) is 177 cm³/mol. The largest absolute Gasteiger partial charge is 0.456 e. The molecule has 6 aromatic rings. The molecule has 3 aromatic heterocycles. The normalized spacial score (nSPS) is 17.4. The fourth-order valence-corrected chi connectivity index (χ4v) is 7.09. The van der Waals surface area contributed by atoms with Crippen molar-refractivity contribution in [2.45, 2.75) is 51.4 Å². The molecule has 0 N–H and O–H groups in total. The van der Waals surface area contributed by atoms with Crippen LogP contribution in [-0.2, 0) is 32.1 Å². The molecule has 3 aliphatic carbocycles. The number of hydrogen-bond acceptors (Lipinski definition) is 4. The number of terminal acetylenes is 1. The molecule has 0 radical (unpaired) electrons. The molecule has 0 fully saturated rings. The number of fused-ring (bicyclic) bond motifs is 9. The molecule has 0 bridgehead atoms. The Labute approximate surface area is 255 Å². The Kier molecular flexibility index (Phi) is 5.55. The molecule has 44 heavy (non-hydrogen) atoms. The topological polar surface area (TPSA) is 56.7 Å². The molecule has 0 amide bonds. The van der Waals surface area contributed by atoms with Crippen molar-refractivity contribution < 1.29 is 4.42 Å². The van der Waals surface area contributed by atoms with Crippen LogP contribution in [0.15, 0.2) is 88.9 Å². The molecule has 3 aliphatic rings. The zero-order valence-corrected chi connectivity index (χ0v) is 24.6. The Morgan fingerprint density at radius 2 is 1.73 bits per heavy atom. The fraction of sp³-hybridized carbons (Fsp3) is 0.205. The maximum Gasteiger partial charge on any atom is 0.238 e. The summed E-state index contributed by atoms with van der Waals surface area (Å²) in [5.41, 5.74) is 10.8. The molecule has 0 saturated heterocycles. The molecule has 0 saturated carbocycles. The monoisotopic (exact) mass is 570 g/mol. The van der Waals surface area contributed by atoms with E-state index in [1.54, 1.807) is 6.08 Å². The Morgan fingerprint density at radius 1 is 0.932 bits per heavy atom. The fourth-order valence-electron chi connectivity index (χ4n) is 7.09. The molecule has 5 nitrogen and oxygen atoms in total. The van der Waals surface area contributed by atoms with Crippen LogP contribution in [0.5, 0.6) is 0 Å². The first-order valence-electron chi connectivity index (χ1n) is 15.5. The number of furan rings is 1. The van der Waals surface area contributed by atoms with Crippen molar-refractivity contribution in [2.24, 2.45) is 0 Å². The third-order valence-corrected chi connectivity index (χ3v) is 9.66. The lowest BCUT2D eigenvalue weighted by molar-refractivity contribution is 0.666. The van der Waals surface area contributed by atoms with Crippen LogP contribution in [0.2, 0.25) is 0 Å². The minimum Gasteiger partial charge on any atom is -0.456 e. The van der Waals surface area contributed by atoms with Gasteiger partial charge in [-0.2, -0.15) is 9.97 Å². The van der Waals surface area contributed by atoms with E-state index in [4.69, 9.17) is 25.8 Å². The second-order valence-electron chi connectivity index (χ2n) is 12.1. The highest BCUT2D eigenvalue weighted by molar-refractivity contribution is 6.24. The molecular weight excluding hydrogens is 540 g/mol. The summed E-state index contributed by atoms with van der Waals surface area (Å²) >= 11 is 0. The van der Waals surface area contributed by atoms with Gasteiger partial charge >= 0.3 is 0 Å². The predicted octanol–water partition coefficient (Wildman–Crippen LogP) is 8.34. The van der Waals surface area contributed by atoms with Gasteiger partial charge in [0.05, 0.1) is 16.4 Å². The van der Waals surface area contributed by atoms with Gasteiger partial charge in [-0.3, -0.25) is 4.57 Å². The van der Waals surface area contributed by atoms with E-state index in [9.17, 15) is 0 Å². The standard InChI is InChI=1S/C39H30N4O/c1-3-5-9-23(4-2)18-35-40-38(24-10-7-6-8-11-24)42-39(41-35)43-32-21-27-14-12-25(27)19-30(32)29-16-17-33-36(37(29)43)31-20-26-13-15-28(26)22-34(31)44-33/h1,4-10,16-17,19-22,24H,11-15,18H2,2H3/b9-5-,23-4+.